The van der Waals surface area contributed by atoms with Gasteiger partial charge in [-0.25, -0.2) is 5.21 Å². The summed E-state index contributed by atoms with van der Waals surface area (Å²) in [5.41, 5.74) is -0.286. The Morgan fingerprint density at radius 1 is 0.877 bits per heavy atom. The van der Waals surface area contributed by atoms with Crippen LogP contribution in [0.1, 0.15) is 102 Å². The molecule has 6 aliphatic carbocycles. The minimum atomic E-state index is -5.19. The van der Waals surface area contributed by atoms with E-state index in [1.807, 2.05) is 12.1 Å². The summed E-state index contributed by atoms with van der Waals surface area (Å²) >= 11 is 0. The van der Waals surface area contributed by atoms with E-state index in [0.717, 1.165) is 47.9 Å². The summed E-state index contributed by atoms with van der Waals surface area (Å²) in [6, 6.07) is 6.22. The fourth-order valence-electron chi connectivity index (χ4n) is 13.3. The van der Waals surface area contributed by atoms with Crippen molar-refractivity contribution in [3.63, 3.8) is 0 Å². The molecule has 12 rings (SSSR count). The second kappa shape index (κ2) is 17.2. The molecule has 4 saturated carbocycles. The largest absolute Gasteiger partial charge is 1.00 e. The number of piperidine rings is 2. The molecule has 11 atom stereocenters. The van der Waals surface area contributed by atoms with Gasteiger partial charge < -0.3 is 56.2 Å². The van der Waals surface area contributed by atoms with Gasteiger partial charge in [0, 0.05) is 63.5 Å². The van der Waals surface area contributed by atoms with Crippen LogP contribution in [0.15, 0.2) is 24.3 Å². The monoisotopic (exact) mass is 921 g/mol. The maximum absolute atomic E-state index is 13.9. The molecule has 65 heavy (non-hydrogen) atoms. The number of ether oxygens (including phenoxy) is 2. The molecule has 4 heterocycles. The standard InChI is InChI=1S/C20H25NO5.C20H23NO5.C3H4.C2HF3O2.CH4.B.Na.H/c2*22-13-4-3-12-9-15-20(24)6-5-14(23)18-19(20,16(12)17(13)26-18)7-8-21(15,25)10-11-1-2-11;1-3-2;3-2(4,5)1(6)7;;;;/h3-4,11,14-15,18,23-25H,1-2,5-10H2;3-4,11,15,18,22,24H,1-2,5-10H2;1H,2H3;(H,6,7);1H4;;;/q;;;;;;+1;-1/t14-,15+,18-,19-,20+,21?;15-,18+,19+,20-,21?;;;;;;/m01....../s1. The van der Waals surface area contributed by atoms with Crippen molar-refractivity contribution in [2.45, 2.75) is 150 Å². The Morgan fingerprint density at radius 2 is 1.37 bits per heavy atom. The molecule has 2 spiro atoms. The molecule has 14 nitrogen and oxygen atoms in total. The van der Waals surface area contributed by atoms with Crippen LogP contribution in [-0.2, 0) is 33.3 Å². The number of halogens is 3. The van der Waals surface area contributed by atoms with Gasteiger partial charge in [0.1, 0.15) is 42.4 Å². The number of likely N-dealkylation sites (tertiary alicyclic amines) is 2. The zero-order valence-electron chi connectivity index (χ0n) is 37.0. The van der Waals surface area contributed by atoms with Crippen LogP contribution < -0.4 is 44.1 Å². The number of hydrogen-bond donors (Lipinski definition) is 6. The molecule has 3 radical (unpaired) electrons. The van der Waals surface area contributed by atoms with Crippen LogP contribution in [0.3, 0.4) is 0 Å². The number of quaternary nitrogens is 2. The van der Waals surface area contributed by atoms with E-state index in [-0.39, 0.29) is 85.9 Å². The number of carbonyl (C=O) groups excluding carboxylic acids is 2. The molecular weight excluding hydrogens is 863 g/mol. The normalized spacial score (nSPS) is 38.6. The van der Waals surface area contributed by atoms with Crippen molar-refractivity contribution in [3.05, 3.63) is 51.7 Å². The first-order chi connectivity index (χ1) is 29.1. The summed E-state index contributed by atoms with van der Waals surface area (Å²) < 4.78 is 43.2. The number of phenols is 2. The number of Topliss-reactive ketones (excluding diaryl/α,β-unsaturated/α-hetero) is 1. The number of carboxylic acid groups (broad SMARTS) is 1. The number of hydroxylamine groups is 6. The van der Waals surface area contributed by atoms with E-state index in [1.54, 1.807) is 19.1 Å². The molecular formula is C46H58BF3N2NaO12. The van der Waals surface area contributed by atoms with Crippen LogP contribution in [0.25, 0.3) is 0 Å². The quantitative estimate of drug-likeness (QED) is 0.104. The van der Waals surface area contributed by atoms with Gasteiger partial charge in [0.05, 0.1) is 30.0 Å². The SMILES string of the molecule is C.C#CC.O=C([O-])C(F)(F)F.O=C1CC[C@@]2(O)[C@H]3Cc4ccc(O)c5c4[C@@]2(CC[N+]3([O-])CC2CC2)[C@H]1O5.Oc1ccc2c3c1O[C@H]1[C@@H](O)CC[C@@]4(O)[C@@H](C2)[N+](O)(CC2CC2)CC[C@]314.[B].[H-].[Na+]. The second-order valence-electron chi connectivity index (χ2n) is 19.4. The predicted molar refractivity (Wildman–Crippen MR) is 222 cm³/mol. The van der Waals surface area contributed by atoms with Crippen molar-refractivity contribution in [2.24, 2.45) is 11.8 Å². The van der Waals surface area contributed by atoms with Gasteiger partial charge >= 0.3 is 35.7 Å². The number of aromatic hydroxyl groups is 2. The number of hydrogen-bond acceptors (Lipinski definition) is 12. The van der Waals surface area contributed by atoms with E-state index in [0.29, 0.717) is 94.5 Å². The van der Waals surface area contributed by atoms with Gasteiger partial charge in [-0.3, -0.25) is 4.79 Å². The first-order valence-electron chi connectivity index (χ1n) is 21.7. The van der Waals surface area contributed by atoms with Gasteiger partial charge in [-0.1, -0.05) is 19.6 Å². The van der Waals surface area contributed by atoms with Crippen molar-refractivity contribution in [1.82, 2.24) is 0 Å². The van der Waals surface area contributed by atoms with Gasteiger partial charge in [0.15, 0.2) is 40.9 Å². The summed E-state index contributed by atoms with van der Waals surface area (Å²) in [5.74, 6) is 1.14. The minimum absolute atomic E-state index is 0. The van der Waals surface area contributed by atoms with Crippen molar-refractivity contribution in [2.75, 3.05) is 26.2 Å². The first kappa shape index (κ1) is 51.3. The van der Waals surface area contributed by atoms with Gasteiger partial charge in [0.2, 0.25) is 0 Å². The Bertz CT molecular complexity index is 2270. The topological polar surface area (TPSA) is 220 Å². The molecule has 4 bridgehead atoms. The number of carbonyl (C=O) groups is 2. The third-order valence-corrected chi connectivity index (χ3v) is 16.1. The molecule has 0 amide bonds. The molecule has 0 aromatic heterocycles. The van der Waals surface area contributed by atoms with E-state index in [9.17, 15) is 53.9 Å². The molecule has 19 heteroatoms. The van der Waals surface area contributed by atoms with Crippen LogP contribution in [0.2, 0.25) is 0 Å². The van der Waals surface area contributed by atoms with E-state index < -0.39 is 58.5 Å². The number of aliphatic carboxylic acids is 1. The Hall–Kier alpha value is -3.09. The third kappa shape index (κ3) is 7.41. The molecule has 4 aliphatic heterocycles. The predicted octanol–water partition coefficient (Wildman–Crippen LogP) is 0.0691. The fraction of sp³-hybridized carbons (Fsp3) is 0.652. The molecule has 2 unspecified atom stereocenters. The molecule has 10 aliphatic rings. The van der Waals surface area contributed by atoms with E-state index in [2.05, 4.69) is 12.3 Å². The van der Waals surface area contributed by atoms with E-state index in [1.165, 1.54) is 0 Å². The van der Waals surface area contributed by atoms with Crippen LogP contribution in [-0.4, -0.2) is 134 Å². The van der Waals surface area contributed by atoms with Crippen molar-refractivity contribution in [3.8, 4) is 35.3 Å². The summed E-state index contributed by atoms with van der Waals surface area (Å²) in [5, 5.41) is 89.6. The van der Waals surface area contributed by atoms with E-state index in [4.69, 9.17) is 19.4 Å². The molecule has 2 saturated heterocycles. The molecule has 349 valence electrons. The number of alkyl halides is 3. The average Bonchev–Trinajstić information content (AvgIpc) is 4.13. The number of terminal acetylenes is 1. The van der Waals surface area contributed by atoms with Crippen molar-refractivity contribution < 1.29 is 108 Å². The number of ketones is 1. The number of benzene rings is 2. The maximum Gasteiger partial charge on any atom is 1.00 e. The zero-order chi connectivity index (χ0) is 44.6. The minimum Gasteiger partial charge on any atom is -1.00 e. The van der Waals surface area contributed by atoms with Crippen molar-refractivity contribution >= 4 is 20.2 Å². The Kier molecular flexibility index (Phi) is 13.5. The smallest absolute Gasteiger partial charge is 1.00 e. The number of rotatable bonds is 4. The summed E-state index contributed by atoms with van der Waals surface area (Å²) in [6.45, 7) is 3.90. The molecule has 2 aromatic carbocycles. The molecule has 6 fully saturated rings. The van der Waals surface area contributed by atoms with Crippen LogP contribution in [0.4, 0.5) is 13.2 Å². The van der Waals surface area contributed by atoms with Gasteiger partial charge in [-0.15, -0.1) is 12.3 Å². The van der Waals surface area contributed by atoms with Crippen LogP contribution in [0.5, 0.6) is 23.0 Å². The number of phenolic OH excluding ortho intramolecular Hbond substituents is 2. The summed E-state index contributed by atoms with van der Waals surface area (Å²) in [6.07, 6.45) is 5.47. The average molecular weight is 922 g/mol. The molecule has 6 N–H and O–H groups in total. The summed E-state index contributed by atoms with van der Waals surface area (Å²) in [7, 11) is 0. The number of aliphatic hydroxyl groups is 3. The number of carboxylic acids is 1. The third-order valence-electron chi connectivity index (χ3n) is 16.1. The van der Waals surface area contributed by atoms with Gasteiger partial charge in [-0.05, 0) is 75.1 Å². The summed E-state index contributed by atoms with van der Waals surface area (Å²) in [4.78, 5) is 21.5. The van der Waals surface area contributed by atoms with Crippen LogP contribution >= 0.6 is 0 Å². The maximum atomic E-state index is 13.9. The number of nitrogens with zero attached hydrogens (tertiary/aromatic N) is 2. The number of aliphatic hydroxyl groups excluding tert-OH is 1. The fourth-order valence-corrected chi connectivity index (χ4v) is 13.3. The van der Waals surface area contributed by atoms with Crippen LogP contribution in [0, 0.1) is 29.4 Å². The molecule has 2 aromatic rings. The zero-order valence-corrected chi connectivity index (χ0v) is 38.0. The van der Waals surface area contributed by atoms with Gasteiger partial charge in [-0.2, -0.15) is 17.8 Å². The van der Waals surface area contributed by atoms with Gasteiger partial charge in [0.25, 0.3) is 0 Å². The second-order valence-corrected chi connectivity index (χ2v) is 19.4. The Labute approximate surface area is 401 Å². The Morgan fingerprint density at radius 3 is 1.92 bits per heavy atom. The first-order valence-corrected chi connectivity index (χ1v) is 21.7. The van der Waals surface area contributed by atoms with E-state index >= 15 is 0 Å². The Balaban J connectivity index is 0.000000196. The van der Waals surface area contributed by atoms with Crippen molar-refractivity contribution in [1.29, 1.82) is 0 Å².